The zero-order valence-electron chi connectivity index (χ0n) is 41.8. The molecule has 0 saturated carbocycles. The Morgan fingerprint density at radius 1 is 0.494 bits per heavy atom. The number of carbonyl (C=O) groups excluding carboxylic acids is 1. The van der Waals surface area contributed by atoms with Gasteiger partial charge in [0.25, 0.3) is 0 Å². The smallest absolute Gasteiger partial charge is 0.411 e. The Bertz CT molecular complexity index is 3310. The predicted octanol–water partition coefficient (Wildman–Crippen LogP) is 7.85. The zero-order chi connectivity index (χ0) is 54.6. The molecule has 2 unspecified atom stereocenters. The number of anilines is 1. The first kappa shape index (κ1) is 57.2. The normalized spacial score (nSPS) is 12.3. The summed E-state index contributed by atoms with van der Waals surface area (Å²) in [5, 5.41) is 74.0. The van der Waals surface area contributed by atoms with Crippen LogP contribution in [0, 0.1) is 0 Å². The summed E-state index contributed by atoms with van der Waals surface area (Å²) in [6.45, 7) is 5.04. The largest absolute Gasteiger partial charge is 0.445 e. The molecule has 5 aromatic carbocycles. The lowest BCUT2D eigenvalue weighted by atomic mass is 10.2. The second-order valence-corrected chi connectivity index (χ2v) is 20.8. The van der Waals surface area contributed by atoms with Crippen LogP contribution in [-0.2, 0) is 30.7 Å². The molecule has 77 heavy (non-hydrogen) atoms. The van der Waals surface area contributed by atoms with Gasteiger partial charge in [-0.15, -0.1) is 81.6 Å². The van der Waals surface area contributed by atoms with Crippen LogP contribution >= 0.6 is 14.7 Å². The van der Waals surface area contributed by atoms with Gasteiger partial charge in [0.2, 0.25) is 38.0 Å². The third-order valence-electron chi connectivity index (χ3n) is 9.39. The highest BCUT2D eigenvalue weighted by Crippen LogP contribution is 2.45. The number of amides is 1. The first-order chi connectivity index (χ1) is 37.4. The van der Waals surface area contributed by atoms with Crippen LogP contribution in [0.2, 0.25) is 0 Å². The molecule has 0 aliphatic carbocycles. The lowest BCUT2D eigenvalue weighted by Crippen LogP contribution is -2.13. The second-order valence-electron chi connectivity index (χ2n) is 15.8. The molecule has 3 N–H and O–H groups in total. The number of hydrogen-bond donors (Lipinski definition) is 3. The molecule has 0 spiro atoms. The van der Waals surface area contributed by atoms with E-state index >= 15 is 0 Å². The number of benzene rings is 5. The topological polar surface area (TPSA) is 328 Å². The molecular formula is C51H51N17O7P2. The summed E-state index contributed by atoms with van der Waals surface area (Å²) < 4.78 is 33.3. The van der Waals surface area contributed by atoms with Gasteiger partial charge >= 0.3 is 6.09 Å². The second kappa shape index (κ2) is 30.4. The number of carbonyl (C=O) groups is 1. The van der Waals surface area contributed by atoms with Gasteiger partial charge in [0, 0.05) is 41.3 Å². The summed E-state index contributed by atoms with van der Waals surface area (Å²) in [4.78, 5) is 20.8. The van der Waals surface area contributed by atoms with Gasteiger partial charge in [0.15, 0.2) is 23.3 Å². The van der Waals surface area contributed by atoms with Gasteiger partial charge in [-0.05, 0) is 37.3 Å². The summed E-state index contributed by atoms with van der Waals surface area (Å²) in [5.74, 6) is 3.03. The SMILES string of the molecule is CCOP(C)(=O)Cc1nnc(-c2ccccc2)nn1.CP(=O)(O)Cc1nnc(-c2ccccc2)nn1.O=C(Nc1ccccc1)OC/C=C/c1nnc(-c2ccccc2)nn1.OC/C=C/c1nnc(-c2ccccc2)nn1. The number of hydrogen-bond acceptors (Lipinski definition) is 22. The van der Waals surface area contributed by atoms with Crippen molar-refractivity contribution in [2.75, 3.05) is 38.5 Å². The molecule has 0 bridgehead atoms. The highest BCUT2D eigenvalue weighted by Gasteiger charge is 2.19. The van der Waals surface area contributed by atoms with Crippen LogP contribution in [0.25, 0.3) is 57.7 Å². The summed E-state index contributed by atoms with van der Waals surface area (Å²) >= 11 is 0. The molecule has 9 aromatic rings. The maximum absolute atomic E-state index is 12.0. The summed E-state index contributed by atoms with van der Waals surface area (Å²) in [7, 11) is -5.89. The number of nitrogens with one attached hydrogen (secondary N) is 1. The molecule has 1 amide bonds. The average Bonchev–Trinajstić information content (AvgIpc) is 3.46. The summed E-state index contributed by atoms with van der Waals surface area (Å²) in [6.07, 6.45) is 5.80. The van der Waals surface area contributed by atoms with E-state index in [9.17, 15) is 18.8 Å². The van der Waals surface area contributed by atoms with E-state index in [-0.39, 0.29) is 31.4 Å². The van der Waals surface area contributed by atoms with Crippen molar-refractivity contribution in [3.8, 4) is 45.6 Å². The molecule has 2 atom stereocenters. The number of para-hydroxylation sites is 1. The highest BCUT2D eigenvalue weighted by atomic mass is 31.2. The number of aliphatic hydroxyl groups is 1. The Kier molecular flexibility index (Phi) is 22.6. The first-order valence-electron chi connectivity index (χ1n) is 23.3. The van der Waals surface area contributed by atoms with E-state index in [0.29, 0.717) is 53.1 Å². The number of ether oxygens (including phenoxy) is 1. The minimum Gasteiger partial charge on any atom is -0.445 e. The van der Waals surface area contributed by atoms with Crippen molar-refractivity contribution >= 4 is 38.7 Å². The lowest BCUT2D eigenvalue weighted by molar-refractivity contribution is 0.174. The molecule has 24 nitrogen and oxygen atoms in total. The van der Waals surface area contributed by atoms with Crippen molar-refractivity contribution in [3.63, 3.8) is 0 Å². The minimum atomic E-state index is -3.18. The summed E-state index contributed by atoms with van der Waals surface area (Å²) in [5.41, 5.74) is 4.05. The van der Waals surface area contributed by atoms with E-state index in [1.54, 1.807) is 43.9 Å². The van der Waals surface area contributed by atoms with Crippen LogP contribution in [-0.4, -0.2) is 131 Å². The van der Waals surface area contributed by atoms with E-state index in [1.165, 1.54) is 12.7 Å². The molecule has 392 valence electrons. The van der Waals surface area contributed by atoms with E-state index in [1.807, 2.05) is 140 Å². The molecule has 26 heteroatoms. The molecule has 0 aliphatic rings. The number of nitrogens with zero attached hydrogens (tertiary/aromatic N) is 16. The van der Waals surface area contributed by atoms with Gasteiger partial charge in [0.05, 0.1) is 25.5 Å². The maximum atomic E-state index is 12.0. The molecule has 0 aliphatic heterocycles. The fourth-order valence-corrected chi connectivity index (χ4v) is 7.92. The third kappa shape index (κ3) is 21.0. The third-order valence-corrected chi connectivity index (χ3v) is 11.9. The first-order valence-corrected chi connectivity index (χ1v) is 27.8. The fraction of sp³-hybridized carbons (Fsp3) is 0.157. The van der Waals surface area contributed by atoms with Crippen LogP contribution in [0.1, 0.15) is 30.2 Å². The van der Waals surface area contributed by atoms with Gasteiger partial charge in [-0.3, -0.25) is 14.4 Å². The van der Waals surface area contributed by atoms with E-state index in [4.69, 9.17) is 14.4 Å². The number of aliphatic hydroxyl groups excluding tert-OH is 1. The Morgan fingerprint density at radius 3 is 1.18 bits per heavy atom. The van der Waals surface area contributed by atoms with E-state index < -0.39 is 20.8 Å². The van der Waals surface area contributed by atoms with E-state index in [2.05, 4.69) is 86.9 Å². The highest BCUT2D eigenvalue weighted by molar-refractivity contribution is 7.57. The van der Waals surface area contributed by atoms with Crippen LogP contribution in [0.4, 0.5) is 10.5 Å². The Balaban J connectivity index is 0.000000169. The van der Waals surface area contributed by atoms with Gasteiger partial charge in [-0.25, -0.2) is 4.79 Å². The van der Waals surface area contributed by atoms with Crippen molar-refractivity contribution in [1.82, 2.24) is 81.6 Å². The quantitative estimate of drug-likeness (QED) is 0.0775. The monoisotopic (exact) mass is 1080 g/mol. The minimum absolute atomic E-state index is 0.0518. The van der Waals surface area contributed by atoms with Crippen molar-refractivity contribution in [2.24, 2.45) is 0 Å². The van der Waals surface area contributed by atoms with Crippen LogP contribution in [0.15, 0.2) is 164 Å². The zero-order valence-corrected chi connectivity index (χ0v) is 43.6. The molecule has 0 radical (unpaired) electrons. The van der Waals surface area contributed by atoms with Crippen LogP contribution in [0.3, 0.4) is 0 Å². The molecular weight excluding hydrogens is 1020 g/mol. The lowest BCUT2D eigenvalue weighted by Gasteiger charge is -2.10. The van der Waals surface area contributed by atoms with Gasteiger partial charge in [0.1, 0.15) is 6.61 Å². The van der Waals surface area contributed by atoms with Gasteiger partial charge in [-0.2, -0.15) is 0 Å². The van der Waals surface area contributed by atoms with Crippen molar-refractivity contribution in [3.05, 3.63) is 187 Å². The average molecular weight is 1080 g/mol. The fourth-order valence-electron chi connectivity index (χ4n) is 5.99. The predicted molar refractivity (Wildman–Crippen MR) is 287 cm³/mol. The summed E-state index contributed by atoms with van der Waals surface area (Å²) in [6, 6.07) is 46.8. The van der Waals surface area contributed by atoms with E-state index in [0.717, 1.165) is 22.3 Å². The van der Waals surface area contributed by atoms with Gasteiger partial charge < -0.3 is 19.3 Å². The molecule has 0 fully saturated rings. The Labute approximate surface area is 442 Å². The molecule has 9 rings (SSSR count). The number of aromatic nitrogens is 16. The molecule has 4 aromatic heterocycles. The molecule has 4 heterocycles. The van der Waals surface area contributed by atoms with Crippen LogP contribution in [0.5, 0.6) is 0 Å². The maximum Gasteiger partial charge on any atom is 0.411 e. The number of rotatable bonds is 16. The van der Waals surface area contributed by atoms with Crippen molar-refractivity contribution in [2.45, 2.75) is 19.2 Å². The standard InChI is InChI=1S/C18H15N5O2.C12H15N4O2P.C11H10N4O.C10H11N4O2P/c24-18(19-15-10-5-2-6-11-15)25-13-7-12-16-20-22-17(23-21-16)14-8-3-1-4-9-14;1-3-18-19(2,17)9-11-13-15-12(16-14-11)10-7-5-4-6-8-10;16-8-4-7-10-12-14-11(15-13-10)9-5-2-1-3-6-9;1-17(15,16)7-9-11-13-10(14-12-9)8-5-3-2-4-6-8/h1-12H,13H2,(H,19,24);4-8H,3,9H2,1-2H3;1-7,16H,8H2;2-6H,7H2,1H3,(H,15,16)/b12-7+;;7-4+;. The van der Waals surface area contributed by atoms with Crippen molar-refractivity contribution < 1.29 is 33.2 Å². The Hall–Kier alpha value is -9.05. The van der Waals surface area contributed by atoms with Gasteiger partial charge in [-0.1, -0.05) is 146 Å². The Morgan fingerprint density at radius 2 is 0.831 bits per heavy atom. The van der Waals surface area contributed by atoms with Crippen molar-refractivity contribution in [1.29, 1.82) is 0 Å². The molecule has 0 saturated heterocycles. The van der Waals surface area contributed by atoms with Crippen LogP contribution < -0.4 is 5.32 Å².